The number of carbonyl (C=O) groups excluding carboxylic acids is 7. The molecule has 0 saturated heterocycles. The fourth-order valence-corrected chi connectivity index (χ4v) is 5.97. The molecule has 60 heavy (non-hydrogen) atoms. The van der Waals surface area contributed by atoms with Crippen molar-refractivity contribution in [3.8, 4) is 0 Å². The molecule has 0 aliphatic rings. The SMILES string of the molecule is CCN(CC)CCNC(=O)c1ccc(NC(=O)CN(CCN(CCN(CC(=O)[O-])CC(=O)Nc2ccc(C(=O)NCCN(CC)CC)cc2)CC(=O)[O-])CC(=O)[O-])cc1.[Gd+3]. The van der Waals surface area contributed by atoms with Crippen LogP contribution in [0.3, 0.4) is 0 Å². The van der Waals surface area contributed by atoms with Crippen molar-refractivity contribution in [3.05, 3.63) is 59.7 Å². The molecule has 0 aliphatic heterocycles. The van der Waals surface area contributed by atoms with Gasteiger partial charge >= 0.3 is 39.9 Å². The van der Waals surface area contributed by atoms with Gasteiger partial charge in [0.1, 0.15) is 0 Å². The number of benzene rings is 2. The molecule has 2 rings (SSSR count). The Kier molecular flexibility index (Phi) is 26.9. The van der Waals surface area contributed by atoms with E-state index in [-0.39, 0.29) is 77.9 Å². The van der Waals surface area contributed by atoms with Gasteiger partial charge < -0.3 is 60.8 Å². The zero-order valence-electron chi connectivity index (χ0n) is 34.8. The molecule has 0 unspecified atom stereocenters. The number of hydrogen-bond acceptors (Lipinski definition) is 15. The summed E-state index contributed by atoms with van der Waals surface area (Å²) in [5.41, 5.74) is 1.50. The molecule has 0 bridgehead atoms. The van der Waals surface area contributed by atoms with Crippen molar-refractivity contribution in [1.82, 2.24) is 35.1 Å². The third-order valence-corrected chi connectivity index (χ3v) is 9.34. The number of nitrogens with zero attached hydrogens (tertiary/aromatic N) is 5. The van der Waals surface area contributed by atoms with Crippen LogP contribution in [-0.4, -0.2) is 177 Å². The predicted molar refractivity (Wildman–Crippen MR) is 215 cm³/mol. The summed E-state index contributed by atoms with van der Waals surface area (Å²) in [6, 6.07) is 12.3. The van der Waals surface area contributed by atoms with Gasteiger partial charge in [-0.3, -0.25) is 33.9 Å². The van der Waals surface area contributed by atoms with E-state index in [1.165, 1.54) is 39.0 Å². The second-order valence-electron chi connectivity index (χ2n) is 13.6. The fourth-order valence-electron chi connectivity index (χ4n) is 5.97. The number of amides is 4. The van der Waals surface area contributed by atoms with Crippen LogP contribution in [0.15, 0.2) is 48.5 Å². The Labute approximate surface area is 383 Å². The van der Waals surface area contributed by atoms with Crippen molar-refractivity contribution in [2.75, 3.05) is 122 Å². The normalized spacial score (nSPS) is 11.1. The van der Waals surface area contributed by atoms with Crippen molar-refractivity contribution in [2.45, 2.75) is 27.7 Å². The van der Waals surface area contributed by atoms with E-state index in [1.807, 2.05) is 27.7 Å². The molecule has 0 fully saturated rings. The smallest absolute Gasteiger partial charge is 0.549 e. The second kappa shape index (κ2) is 30.0. The molecule has 331 valence electrons. The van der Waals surface area contributed by atoms with Crippen molar-refractivity contribution in [3.63, 3.8) is 0 Å². The number of nitrogens with one attached hydrogen (secondary N) is 4. The van der Waals surface area contributed by atoms with E-state index in [9.17, 15) is 48.9 Å². The molecule has 1 radical (unpaired) electrons. The zero-order valence-corrected chi connectivity index (χ0v) is 37.1. The van der Waals surface area contributed by atoms with Crippen molar-refractivity contribution in [1.29, 1.82) is 0 Å². The number of rotatable bonds is 30. The maximum Gasteiger partial charge on any atom is 3.00 e. The van der Waals surface area contributed by atoms with Gasteiger partial charge in [0.15, 0.2) is 0 Å². The summed E-state index contributed by atoms with van der Waals surface area (Å²) in [5.74, 6) is -6.11. The Morgan fingerprint density at radius 2 is 0.733 bits per heavy atom. The van der Waals surface area contributed by atoms with Gasteiger partial charge in [-0.25, -0.2) is 0 Å². The molecule has 2 aromatic carbocycles. The van der Waals surface area contributed by atoms with E-state index in [2.05, 4.69) is 31.1 Å². The minimum absolute atomic E-state index is 0. The van der Waals surface area contributed by atoms with Gasteiger partial charge in [-0.15, -0.1) is 0 Å². The van der Waals surface area contributed by atoms with Crippen LogP contribution in [0.2, 0.25) is 0 Å². The summed E-state index contributed by atoms with van der Waals surface area (Å²) < 4.78 is 0. The van der Waals surface area contributed by atoms with E-state index >= 15 is 0 Å². The third kappa shape index (κ3) is 22.5. The summed E-state index contributed by atoms with van der Waals surface area (Å²) in [7, 11) is 0. The van der Waals surface area contributed by atoms with Gasteiger partial charge in [0, 0.05) is 94.5 Å². The molecule has 0 aromatic heterocycles. The summed E-state index contributed by atoms with van der Waals surface area (Å²) >= 11 is 0. The Bertz CT molecular complexity index is 1550. The van der Waals surface area contributed by atoms with Crippen molar-refractivity contribution in [2.24, 2.45) is 0 Å². The maximum absolute atomic E-state index is 12.9. The first-order chi connectivity index (χ1) is 28.1. The molecule has 2 aromatic rings. The number of aliphatic carboxylic acids is 3. The number of anilines is 2. The van der Waals surface area contributed by atoms with Crippen LogP contribution in [0, 0.1) is 39.9 Å². The van der Waals surface area contributed by atoms with Crippen LogP contribution in [0.4, 0.5) is 11.4 Å². The quantitative estimate of drug-likeness (QED) is 0.0595. The summed E-state index contributed by atoms with van der Waals surface area (Å²) in [5, 5.41) is 45.6. The predicted octanol–water partition coefficient (Wildman–Crippen LogP) is -3.44. The van der Waals surface area contributed by atoms with Crippen molar-refractivity contribution >= 4 is 52.9 Å². The number of carboxylic acids is 3. The van der Waals surface area contributed by atoms with E-state index in [1.54, 1.807) is 24.3 Å². The zero-order chi connectivity index (χ0) is 43.7. The molecule has 20 heteroatoms. The van der Waals surface area contributed by atoms with E-state index in [0.29, 0.717) is 48.7 Å². The van der Waals surface area contributed by atoms with Crippen LogP contribution in [0.25, 0.3) is 0 Å². The Morgan fingerprint density at radius 3 is 1.03 bits per heavy atom. The van der Waals surface area contributed by atoms with Gasteiger partial charge in [-0.05, 0) is 74.7 Å². The monoisotopic (exact) mass is 982 g/mol. The molecule has 0 aliphatic carbocycles. The van der Waals surface area contributed by atoms with Gasteiger partial charge in [0.05, 0.1) is 31.0 Å². The molecule has 4 N–H and O–H groups in total. The maximum atomic E-state index is 12.9. The first kappa shape index (κ1) is 53.9. The third-order valence-electron chi connectivity index (χ3n) is 9.34. The molecular formula is C40H58GdN9O10. The Morgan fingerprint density at radius 1 is 0.433 bits per heavy atom. The molecule has 19 nitrogen and oxygen atoms in total. The van der Waals surface area contributed by atoms with E-state index in [4.69, 9.17) is 0 Å². The molecule has 0 spiro atoms. The Balaban J connectivity index is 0.0000180. The van der Waals surface area contributed by atoms with Gasteiger partial charge in [-0.2, -0.15) is 0 Å². The van der Waals surface area contributed by atoms with Gasteiger partial charge in [-0.1, -0.05) is 27.7 Å². The molecule has 4 amide bonds. The van der Waals surface area contributed by atoms with Crippen molar-refractivity contribution < 1.29 is 88.8 Å². The fraction of sp³-hybridized carbons (Fsp3) is 0.525. The summed E-state index contributed by atoms with van der Waals surface area (Å²) in [6.45, 7) is 10.9. The number of carboxylic acid groups (broad SMARTS) is 3. The molecular weight excluding hydrogens is 924 g/mol. The van der Waals surface area contributed by atoms with E-state index in [0.717, 1.165) is 26.2 Å². The Hall–Kier alpha value is -4.15. The van der Waals surface area contributed by atoms with Crippen LogP contribution in [0.1, 0.15) is 48.4 Å². The largest absolute Gasteiger partial charge is 3.00 e. The van der Waals surface area contributed by atoms with Crippen LogP contribution in [-0.2, 0) is 24.0 Å². The van der Waals surface area contributed by atoms with E-state index < -0.39 is 62.4 Å². The first-order valence-corrected chi connectivity index (χ1v) is 19.7. The van der Waals surface area contributed by atoms with Crippen LogP contribution < -0.4 is 36.6 Å². The van der Waals surface area contributed by atoms with Gasteiger partial charge in [0.2, 0.25) is 11.8 Å². The number of carbonyl (C=O) groups is 7. The van der Waals surface area contributed by atoms with Gasteiger partial charge in [0.25, 0.3) is 11.8 Å². The minimum atomic E-state index is -1.48. The first-order valence-electron chi connectivity index (χ1n) is 19.7. The number of likely N-dealkylation sites (N-methyl/N-ethyl adjacent to an activating group) is 2. The second-order valence-corrected chi connectivity index (χ2v) is 13.6. The van der Waals surface area contributed by atoms with Crippen LogP contribution >= 0.6 is 0 Å². The topological polar surface area (TPSA) is 253 Å². The summed E-state index contributed by atoms with van der Waals surface area (Å²) in [4.78, 5) is 93.6. The molecule has 0 atom stereocenters. The average Bonchev–Trinajstić information content (AvgIpc) is 3.18. The minimum Gasteiger partial charge on any atom is -0.549 e. The molecule has 0 heterocycles. The number of hydrogen-bond donors (Lipinski definition) is 4. The standard InChI is InChI=1S/C40H61N9O10.Gd/c1-5-45(6-2)19-17-41-39(58)30-9-13-32(14-10-30)43-34(50)25-48(28-37(54)55)23-21-47(27-36(52)53)22-24-49(29-38(56)57)26-35(51)44-33-15-11-31(12-16-33)40(59)42-18-20-46(7-3)8-4;/h9-16H,5-8,17-29H2,1-4H3,(H,41,58)(H,42,59)(H,43,50)(H,44,51)(H,52,53)(H,54,55)(H,56,57);/q;+3/p-3. The average molecular weight is 982 g/mol. The summed E-state index contributed by atoms with van der Waals surface area (Å²) in [6.07, 6.45) is 0. The molecule has 0 saturated carbocycles. The van der Waals surface area contributed by atoms with Crippen LogP contribution in [0.5, 0.6) is 0 Å².